The summed E-state index contributed by atoms with van der Waals surface area (Å²) in [7, 11) is 0. The Kier molecular flexibility index (Phi) is 5.64. The van der Waals surface area contributed by atoms with Crippen LogP contribution in [0.3, 0.4) is 0 Å². The van der Waals surface area contributed by atoms with Crippen LogP contribution < -0.4 is 10.6 Å². The van der Waals surface area contributed by atoms with E-state index < -0.39 is 0 Å². The number of hydrogen-bond acceptors (Lipinski definition) is 5. The summed E-state index contributed by atoms with van der Waals surface area (Å²) >= 11 is 1.38. The Morgan fingerprint density at radius 2 is 1.88 bits per heavy atom. The van der Waals surface area contributed by atoms with E-state index in [9.17, 15) is 9.18 Å². The van der Waals surface area contributed by atoms with E-state index in [4.69, 9.17) is 0 Å². The number of amides is 1. The molecule has 160 valence electrons. The molecule has 0 unspecified atom stereocenters. The van der Waals surface area contributed by atoms with Crippen molar-refractivity contribution >= 4 is 33.9 Å². The second kappa shape index (κ2) is 8.88. The molecule has 2 heterocycles. The fourth-order valence-corrected chi connectivity index (χ4v) is 4.63. The number of anilines is 3. The number of carbonyl (C=O) groups excluding carboxylic acids is 1. The van der Waals surface area contributed by atoms with Crippen molar-refractivity contribution in [2.45, 2.75) is 25.7 Å². The lowest BCUT2D eigenvalue weighted by Gasteiger charge is -2.16. The number of nitrogens with zero attached hydrogens (tertiary/aromatic N) is 2. The topological polar surface area (TPSA) is 66.9 Å². The minimum Gasteiger partial charge on any atom is -0.339 e. The first kappa shape index (κ1) is 20.3. The molecule has 0 aliphatic heterocycles. The third-order valence-electron chi connectivity index (χ3n) is 5.51. The molecule has 2 N–H and O–H groups in total. The predicted octanol–water partition coefficient (Wildman–Crippen LogP) is 6.22. The van der Waals surface area contributed by atoms with Crippen LogP contribution in [-0.2, 0) is 12.8 Å². The Hall–Kier alpha value is -3.58. The van der Waals surface area contributed by atoms with Crippen molar-refractivity contribution in [1.82, 2.24) is 9.97 Å². The summed E-state index contributed by atoms with van der Waals surface area (Å²) in [5.74, 6) is -0.347. The van der Waals surface area contributed by atoms with Gasteiger partial charge in [-0.15, -0.1) is 11.3 Å². The predicted molar refractivity (Wildman–Crippen MR) is 126 cm³/mol. The highest BCUT2D eigenvalue weighted by Gasteiger charge is 2.16. The van der Waals surface area contributed by atoms with Crippen molar-refractivity contribution in [2.75, 3.05) is 10.6 Å². The molecule has 2 aromatic heterocycles. The van der Waals surface area contributed by atoms with Crippen LogP contribution in [0.25, 0.3) is 11.3 Å². The zero-order valence-corrected chi connectivity index (χ0v) is 18.1. The normalized spacial score (nSPS) is 12.8. The van der Waals surface area contributed by atoms with E-state index in [1.54, 1.807) is 30.5 Å². The summed E-state index contributed by atoms with van der Waals surface area (Å²) in [5.41, 5.74) is 5.61. The number of thiazole rings is 1. The molecule has 0 bridgehead atoms. The van der Waals surface area contributed by atoms with Gasteiger partial charge in [-0.2, -0.15) is 0 Å². The van der Waals surface area contributed by atoms with E-state index in [2.05, 4.69) is 38.8 Å². The smallest absolute Gasteiger partial charge is 0.261 e. The molecule has 0 saturated carbocycles. The number of benzene rings is 2. The second-order valence-electron chi connectivity index (χ2n) is 7.72. The lowest BCUT2D eigenvalue weighted by atomic mass is 9.90. The lowest BCUT2D eigenvalue weighted by molar-refractivity contribution is 0.102. The van der Waals surface area contributed by atoms with Gasteiger partial charge in [-0.25, -0.2) is 14.4 Å². The third kappa shape index (κ3) is 4.38. The Bertz CT molecular complexity index is 1290. The van der Waals surface area contributed by atoms with Crippen LogP contribution in [0, 0.1) is 5.82 Å². The monoisotopic (exact) mass is 444 g/mol. The molecule has 0 atom stereocenters. The summed E-state index contributed by atoms with van der Waals surface area (Å²) in [6.07, 6.45) is 6.32. The fourth-order valence-electron chi connectivity index (χ4n) is 3.91. The standard InChI is InChI=1S/C25H21FN4OS/c26-19-7-3-8-20(14-19)28-23-21(9-4-12-27-23)24(31)30-25-29-22(15-32-25)18-11-10-16-5-1-2-6-17(16)13-18/h3-4,7-15H,1-2,5-6H2,(H,27,28)(H,29,30,31). The molecule has 1 amide bonds. The van der Waals surface area contributed by atoms with Crippen LogP contribution in [0.1, 0.15) is 34.3 Å². The minimum absolute atomic E-state index is 0.330. The molecule has 1 aliphatic carbocycles. The minimum atomic E-state index is -0.366. The summed E-state index contributed by atoms with van der Waals surface area (Å²) in [5, 5.41) is 8.34. The Morgan fingerprint density at radius 1 is 1.00 bits per heavy atom. The molecule has 0 fully saturated rings. The highest BCUT2D eigenvalue weighted by molar-refractivity contribution is 7.14. The SMILES string of the molecule is O=C(Nc1nc(-c2ccc3c(c2)CCCC3)cs1)c1cccnc1Nc1cccc(F)c1. The van der Waals surface area contributed by atoms with E-state index in [1.807, 2.05) is 5.38 Å². The maximum atomic E-state index is 13.5. The summed E-state index contributed by atoms with van der Waals surface area (Å²) < 4.78 is 13.5. The quantitative estimate of drug-likeness (QED) is 0.384. The first-order valence-corrected chi connectivity index (χ1v) is 11.4. The number of rotatable bonds is 5. The van der Waals surface area contributed by atoms with Crippen molar-refractivity contribution in [3.63, 3.8) is 0 Å². The molecule has 0 radical (unpaired) electrons. The van der Waals surface area contributed by atoms with Gasteiger partial charge in [-0.05, 0) is 73.2 Å². The van der Waals surface area contributed by atoms with Gasteiger partial charge in [0.1, 0.15) is 11.6 Å². The van der Waals surface area contributed by atoms with E-state index in [0.29, 0.717) is 22.2 Å². The zero-order valence-electron chi connectivity index (χ0n) is 17.3. The van der Waals surface area contributed by atoms with Crippen molar-refractivity contribution < 1.29 is 9.18 Å². The van der Waals surface area contributed by atoms with Gasteiger partial charge in [0.15, 0.2) is 5.13 Å². The van der Waals surface area contributed by atoms with Gasteiger partial charge < -0.3 is 5.32 Å². The lowest BCUT2D eigenvalue weighted by Crippen LogP contribution is -2.14. The molecular formula is C25H21FN4OS. The number of carbonyl (C=O) groups is 1. The number of nitrogens with one attached hydrogen (secondary N) is 2. The molecule has 0 spiro atoms. The Balaban J connectivity index is 1.34. The maximum Gasteiger partial charge on any atom is 0.261 e. The van der Waals surface area contributed by atoms with Gasteiger partial charge >= 0.3 is 0 Å². The van der Waals surface area contributed by atoms with Crippen LogP contribution in [0.15, 0.2) is 66.2 Å². The third-order valence-corrected chi connectivity index (χ3v) is 6.27. The van der Waals surface area contributed by atoms with Crippen LogP contribution in [-0.4, -0.2) is 15.9 Å². The van der Waals surface area contributed by atoms with E-state index in [-0.39, 0.29) is 11.7 Å². The average molecular weight is 445 g/mol. The molecule has 0 saturated heterocycles. The number of aryl methyl sites for hydroxylation is 2. The van der Waals surface area contributed by atoms with Crippen molar-refractivity contribution in [1.29, 1.82) is 0 Å². The summed E-state index contributed by atoms with van der Waals surface area (Å²) in [4.78, 5) is 21.8. The molecule has 7 heteroatoms. The fraction of sp³-hybridized carbons (Fsp3) is 0.160. The Morgan fingerprint density at radius 3 is 2.75 bits per heavy atom. The average Bonchev–Trinajstić information content (AvgIpc) is 3.27. The van der Waals surface area contributed by atoms with Gasteiger partial charge in [-0.1, -0.05) is 18.2 Å². The van der Waals surface area contributed by atoms with Crippen LogP contribution >= 0.6 is 11.3 Å². The van der Waals surface area contributed by atoms with E-state index in [1.165, 1.54) is 47.4 Å². The van der Waals surface area contributed by atoms with Crippen molar-refractivity contribution in [3.8, 4) is 11.3 Å². The molecule has 5 rings (SSSR count). The number of pyridine rings is 1. The zero-order chi connectivity index (χ0) is 21.9. The van der Waals surface area contributed by atoms with Gasteiger partial charge in [0.2, 0.25) is 0 Å². The molecular weight excluding hydrogens is 423 g/mol. The molecule has 32 heavy (non-hydrogen) atoms. The molecule has 2 aromatic carbocycles. The molecule has 4 aromatic rings. The van der Waals surface area contributed by atoms with Gasteiger partial charge in [0.05, 0.1) is 11.3 Å². The number of hydrogen-bond donors (Lipinski definition) is 2. The van der Waals surface area contributed by atoms with Crippen molar-refractivity contribution in [2.24, 2.45) is 0 Å². The number of halogens is 1. The summed E-state index contributed by atoms with van der Waals surface area (Å²) in [6, 6.07) is 15.9. The Labute approximate surface area is 189 Å². The van der Waals surface area contributed by atoms with Crippen LogP contribution in [0.4, 0.5) is 21.0 Å². The van der Waals surface area contributed by atoms with E-state index in [0.717, 1.165) is 24.1 Å². The van der Waals surface area contributed by atoms with Crippen molar-refractivity contribution in [3.05, 3.63) is 88.7 Å². The second-order valence-corrected chi connectivity index (χ2v) is 8.58. The van der Waals surface area contributed by atoms with Crippen LogP contribution in [0.5, 0.6) is 0 Å². The summed E-state index contributed by atoms with van der Waals surface area (Å²) in [6.45, 7) is 0. The van der Waals surface area contributed by atoms with Crippen LogP contribution in [0.2, 0.25) is 0 Å². The maximum absolute atomic E-state index is 13.5. The molecule has 1 aliphatic rings. The number of aromatic nitrogens is 2. The first-order valence-electron chi connectivity index (χ1n) is 10.5. The molecule has 5 nitrogen and oxygen atoms in total. The van der Waals surface area contributed by atoms with Gasteiger partial charge in [0, 0.05) is 22.8 Å². The first-order chi connectivity index (χ1) is 15.7. The highest BCUT2D eigenvalue weighted by Crippen LogP contribution is 2.30. The highest BCUT2D eigenvalue weighted by atomic mass is 32.1. The largest absolute Gasteiger partial charge is 0.339 e. The van der Waals surface area contributed by atoms with Gasteiger partial charge in [0.25, 0.3) is 5.91 Å². The van der Waals surface area contributed by atoms with E-state index >= 15 is 0 Å². The van der Waals surface area contributed by atoms with Gasteiger partial charge in [-0.3, -0.25) is 10.1 Å². The number of fused-ring (bicyclic) bond motifs is 1.